The van der Waals surface area contributed by atoms with Gasteiger partial charge < -0.3 is 4.90 Å². The minimum atomic E-state index is -4.75. The van der Waals surface area contributed by atoms with Crippen molar-refractivity contribution in [3.8, 4) is 0 Å². The summed E-state index contributed by atoms with van der Waals surface area (Å²) < 4.78 is 36.5. The number of piperazine rings is 1. The zero-order chi connectivity index (χ0) is 12.6. The van der Waals surface area contributed by atoms with E-state index in [1.165, 1.54) is 0 Å². The van der Waals surface area contributed by atoms with Crippen molar-refractivity contribution < 1.29 is 18.0 Å². The normalized spacial score (nSPS) is 20.0. The van der Waals surface area contributed by atoms with Gasteiger partial charge in [-0.15, -0.1) is 0 Å². The molecule has 0 aromatic heterocycles. The van der Waals surface area contributed by atoms with Crippen molar-refractivity contribution >= 4 is 5.91 Å². The summed E-state index contributed by atoms with van der Waals surface area (Å²) in [6, 6.07) is 0. The number of amides is 1. The fourth-order valence-corrected chi connectivity index (χ4v) is 1.76. The number of hydrogen-bond donors (Lipinski definition) is 0. The van der Waals surface area contributed by atoms with Gasteiger partial charge in [0, 0.05) is 31.7 Å². The average molecular weight is 238 g/mol. The lowest BCUT2D eigenvalue weighted by molar-refractivity contribution is -0.187. The van der Waals surface area contributed by atoms with Crippen LogP contribution in [0.15, 0.2) is 0 Å². The maximum atomic E-state index is 12.2. The predicted octanol–water partition coefficient (Wildman–Crippen LogP) is 1.49. The molecule has 0 N–H and O–H groups in total. The summed E-state index contributed by atoms with van der Waals surface area (Å²) in [5, 5.41) is 0. The Bertz CT molecular complexity index is 262. The number of nitrogens with zero attached hydrogens (tertiary/aromatic N) is 2. The molecule has 0 spiro atoms. The van der Waals surface area contributed by atoms with Crippen LogP contribution < -0.4 is 0 Å². The van der Waals surface area contributed by atoms with Gasteiger partial charge in [-0.3, -0.25) is 9.69 Å². The van der Waals surface area contributed by atoms with Gasteiger partial charge in [-0.2, -0.15) is 13.2 Å². The molecule has 1 aliphatic heterocycles. The Hall–Kier alpha value is -0.780. The van der Waals surface area contributed by atoms with Crippen molar-refractivity contribution in [1.29, 1.82) is 0 Å². The topological polar surface area (TPSA) is 23.6 Å². The lowest BCUT2D eigenvalue weighted by Gasteiger charge is -2.42. The quantitative estimate of drug-likeness (QED) is 0.638. The van der Waals surface area contributed by atoms with E-state index in [1.54, 1.807) is 0 Å². The first kappa shape index (κ1) is 13.3. The molecule has 1 heterocycles. The van der Waals surface area contributed by atoms with Crippen molar-refractivity contribution in [2.45, 2.75) is 32.5 Å². The van der Waals surface area contributed by atoms with Crippen LogP contribution >= 0.6 is 0 Å². The molecular weight excluding hydrogens is 221 g/mol. The van der Waals surface area contributed by atoms with E-state index in [0.717, 1.165) is 4.90 Å². The van der Waals surface area contributed by atoms with Crippen LogP contribution in [0.2, 0.25) is 0 Å². The zero-order valence-corrected chi connectivity index (χ0v) is 9.76. The predicted molar refractivity (Wildman–Crippen MR) is 54.0 cm³/mol. The Morgan fingerprint density at radius 3 is 1.75 bits per heavy atom. The molecule has 94 valence electrons. The Morgan fingerprint density at radius 2 is 1.44 bits per heavy atom. The highest BCUT2D eigenvalue weighted by Gasteiger charge is 2.43. The highest BCUT2D eigenvalue weighted by atomic mass is 19.4. The van der Waals surface area contributed by atoms with Gasteiger partial charge in [-0.25, -0.2) is 0 Å². The Balaban J connectivity index is 2.53. The third-order valence-corrected chi connectivity index (χ3v) is 2.76. The van der Waals surface area contributed by atoms with E-state index >= 15 is 0 Å². The van der Waals surface area contributed by atoms with Crippen LogP contribution in [0.5, 0.6) is 0 Å². The van der Waals surface area contributed by atoms with Gasteiger partial charge in [0.05, 0.1) is 0 Å². The highest BCUT2D eigenvalue weighted by Crippen LogP contribution is 2.21. The minimum absolute atomic E-state index is 0.0621. The molecule has 3 nitrogen and oxygen atoms in total. The van der Waals surface area contributed by atoms with E-state index in [9.17, 15) is 18.0 Å². The molecule has 0 saturated carbocycles. The van der Waals surface area contributed by atoms with Gasteiger partial charge in [0.2, 0.25) is 0 Å². The molecule has 0 aromatic rings. The van der Waals surface area contributed by atoms with Gasteiger partial charge in [0.15, 0.2) is 0 Å². The molecule has 0 aliphatic carbocycles. The fourth-order valence-electron chi connectivity index (χ4n) is 1.76. The van der Waals surface area contributed by atoms with Gasteiger partial charge in [-0.05, 0) is 20.8 Å². The summed E-state index contributed by atoms with van der Waals surface area (Å²) in [7, 11) is 0. The van der Waals surface area contributed by atoms with Crippen molar-refractivity contribution in [3.05, 3.63) is 0 Å². The Morgan fingerprint density at radius 1 is 1.00 bits per heavy atom. The van der Waals surface area contributed by atoms with Crippen molar-refractivity contribution in [2.24, 2.45) is 0 Å². The minimum Gasteiger partial charge on any atom is -0.332 e. The third kappa shape index (κ3) is 3.10. The van der Waals surface area contributed by atoms with Gasteiger partial charge in [0.25, 0.3) is 0 Å². The van der Waals surface area contributed by atoms with Gasteiger partial charge in [0.1, 0.15) is 0 Å². The molecule has 1 saturated heterocycles. The molecule has 1 fully saturated rings. The molecule has 0 unspecified atom stereocenters. The molecule has 1 amide bonds. The van der Waals surface area contributed by atoms with E-state index in [-0.39, 0.29) is 18.6 Å². The molecule has 16 heavy (non-hydrogen) atoms. The fraction of sp³-hybridized carbons (Fsp3) is 0.900. The summed E-state index contributed by atoms with van der Waals surface area (Å²) in [5.41, 5.74) is -0.0621. The van der Waals surface area contributed by atoms with Crippen molar-refractivity contribution in [3.63, 3.8) is 0 Å². The number of halogens is 3. The number of carbonyl (C=O) groups is 1. The largest absolute Gasteiger partial charge is 0.471 e. The summed E-state index contributed by atoms with van der Waals surface area (Å²) >= 11 is 0. The van der Waals surface area contributed by atoms with E-state index < -0.39 is 12.1 Å². The Labute approximate surface area is 93.2 Å². The number of carbonyl (C=O) groups excluding carboxylic acids is 1. The SMILES string of the molecule is CC(C)(C)N1CCN(C(=O)C(F)(F)F)CC1. The van der Waals surface area contributed by atoms with Crippen LogP contribution in [0.3, 0.4) is 0 Å². The van der Waals surface area contributed by atoms with Crippen LogP contribution in [0.25, 0.3) is 0 Å². The number of rotatable bonds is 0. The first-order valence-electron chi connectivity index (χ1n) is 5.23. The van der Waals surface area contributed by atoms with Crippen LogP contribution in [-0.2, 0) is 4.79 Å². The van der Waals surface area contributed by atoms with E-state index in [1.807, 2.05) is 20.8 Å². The molecule has 6 heteroatoms. The summed E-state index contributed by atoms with van der Waals surface area (Å²) in [5.74, 6) is -1.72. The van der Waals surface area contributed by atoms with Crippen LogP contribution in [0.4, 0.5) is 13.2 Å². The van der Waals surface area contributed by atoms with Crippen LogP contribution in [-0.4, -0.2) is 53.6 Å². The summed E-state index contributed by atoms with van der Waals surface area (Å²) in [4.78, 5) is 13.9. The standard InChI is InChI=1S/C10H17F3N2O/c1-9(2,3)15-6-4-14(5-7-15)8(16)10(11,12)13/h4-7H2,1-3H3. The first-order chi connectivity index (χ1) is 7.12. The second-order valence-corrected chi connectivity index (χ2v) is 4.95. The van der Waals surface area contributed by atoms with E-state index in [0.29, 0.717) is 13.1 Å². The van der Waals surface area contributed by atoms with Gasteiger partial charge >= 0.3 is 12.1 Å². The van der Waals surface area contributed by atoms with Gasteiger partial charge in [-0.1, -0.05) is 0 Å². The Kier molecular flexibility index (Phi) is 3.52. The maximum absolute atomic E-state index is 12.2. The lowest BCUT2D eigenvalue weighted by atomic mass is 10.1. The smallest absolute Gasteiger partial charge is 0.332 e. The second kappa shape index (κ2) is 4.24. The van der Waals surface area contributed by atoms with Crippen LogP contribution in [0, 0.1) is 0 Å². The first-order valence-corrected chi connectivity index (χ1v) is 5.23. The van der Waals surface area contributed by atoms with E-state index in [4.69, 9.17) is 0 Å². The number of alkyl halides is 3. The zero-order valence-electron chi connectivity index (χ0n) is 9.76. The molecule has 0 radical (unpaired) electrons. The number of hydrogen-bond acceptors (Lipinski definition) is 2. The second-order valence-electron chi connectivity index (χ2n) is 4.95. The molecule has 0 aromatic carbocycles. The molecule has 0 atom stereocenters. The molecular formula is C10H17F3N2O. The maximum Gasteiger partial charge on any atom is 0.471 e. The summed E-state index contributed by atoms with van der Waals surface area (Å²) in [6.07, 6.45) is -4.75. The van der Waals surface area contributed by atoms with Crippen molar-refractivity contribution in [2.75, 3.05) is 26.2 Å². The lowest BCUT2D eigenvalue weighted by Crippen LogP contribution is -2.56. The molecule has 1 aliphatic rings. The van der Waals surface area contributed by atoms with Crippen molar-refractivity contribution in [1.82, 2.24) is 9.80 Å². The summed E-state index contributed by atoms with van der Waals surface area (Å²) in [6.45, 7) is 7.30. The third-order valence-electron chi connectivity index (χ3n) is 2.76. The average Bonchev–Trinajstić information content (AvgIpc) is 2.14. The van der Waals surface area contributed by atoms with Crippen LogP contribution in [0.1, 0.15) is 20.8 Å². The monoisotopic (exact) mass is 238 g/mol. The highest BCUT2D eigenvalue weighted by molar-refractivity contribution is 5.81. The van der Waals surface area contributed by atoms with E-state index in [2.05, 4.69) is 4.90 Å². The molecule has 0 bridgehead atoms. The molecule has 1 rings (SSSR count).